The van der Waals surface area contributed by atoms with Gasteiger partial charge in [-0.05, 0) is 62.1 Å². The number of anilines is 1. The van der Waals surface area contributed by atoms with Crippen LogP contribution in [0, 0.1) is 5.82 Å². The molecule has 180 valence electrons. The van der Waals surface area contributed by atoms with Gasteiger partial charge in [0.25, 0.3) is 11.8 Å². The van der Waals surface area contributed by atoms with E-state index in [9.17, 15) is 18.8 Å². The van der Waals surface area contributed by atoms with Crippen LogP contribution in [0.1, 0.15) is 36.0 Å². The number of urea groups is 1. The molecule has 10 heteroatoms. The molecule has 0 radical (unpaired) electrons. The molecule has 1 saturated carbocycles. The fourth-order valence-electron chi connectivity index (χ4n) is 4.42. The lowest BCUT2D eigenvalue weighted by Crippen LogP contribution is -2.56. The second kappa shape index (κ2) is 10.5. The fourth-order valence-corrected chi connectivity index (χ4v) is 4.82. The van der Waals surface area contributed by atoms with Gasteiger partial charge in [-0.25, -0.2) is 9.18 Å². The van der Waals surface area contributed by atoms with E-state index in [2.05, 4.69) is 26.6 Å². The average Bonchev–Trinajstić information content (AvgIpc) is 3.26. The molecule has 1 aliphatic heterocycles. The molecule has 1 aliphatic carbocycles. The maximum absolute atomic E-state index is 13.6. The Morgan fingerprint density at radius 3 is 2.38 bits per heavy atom. The predicted octanol–water partition coefficient (Wildman–Crippen LogP) is 3.29. The molecular weight excluding hydrogens is 505 g/mol. The quantitative estimate of drug-likeness (QED) is 0.562. The SMILES string of the molecule is NC1CCC(NC(=O)C2N(C(=O)Nc3cccc(F)c3)CCN2C(=O)c2cccc(Br)c2)CC1. The number of benzene rings is 2. The molecule has 1 unspecified atom stereocenters. The average molecular weight is 532 g/mol. The third kappa shape index (κ3) is 5.56. The highest BCUT2D eigenvalue weighted by Gasteiger charge is 2.43. The van der Waals surface area contributed by atoms with E-state index in [-0.39, 0.29) is 36.8 Å². The Hall–Kier alpha value is -2.98. The summed E-state index contributed by atoms with van der Waals surface area (Å²) in [6, 6.07) is 11.9. The number of carbonyl (C=O) groups excluding carboxylic acids is 3. The van der Waals surface area contributed by atoms with Crippen LogP contribution in [-0.4, -0.2) is 59.0 Å². The van der Waals surface area contributed by atoms with Crippen LogP contribution in [0.15, 0.2) is 53.0 Å². The van der Waals surface area contributed by atoms with Gasteiger partial charge in [0.1, 0.15) is 5.82 Å². The first kappa shape index (κ1) is 24.2. The van der Waals surface area contributed by atoms with Crippen molar-refractivity contribution in [1.82, 2.24) is 15.1 Å². The van der Waals surface area contributed by atoms with Crippen molar-refractivity contribution in [3.05, 3.63) is 64.4 Å². The number of carbonyl (C=O) groups is 3. The lowest BCUT2D eigenvalue weighted by Gasteiger charge is -2.32. The van der Waals surface area contributed by atoms with Crippen LogP contribution in [-0.2, 0) is 4.79 Å². The van der Waals surface area contributed by atoms with Gasteiger partial charge < -0.3 is 21.3 Å². The summed E-state index contributed by atoms with van der Waals surface area (Å²) in [5, 5.41) is 5.64. The summed E-state index contributed by atoms with van der Waals surface area (Å²) in [7, 11) is 0. The molecule has 2 aromatic carbocycles. The van der Waals surface area contributed by atoms with E-state index >= 15 is 0 Å². The summed E-state index contributed by atoms with van der Waals surface area (Å²) in [6.45, 7) is 0.351. The molecule has 0 aromatic heterocycles. The normalized spacial score (nSPS) is 22.4. The Morgan fingerprint density at radius 1 is 0.971 bits per heavy atom. The summed E-state index contributed by atoms with van der Waals surface area (Å²) in [4.78, 5) is 42.5. The smallest absolute Gasteiger partial charge is 0.323 e. The van der Waals surface area contributed by atoms with E-state index in [1.807, 2.05) is 0 Å². The van der Waals surface area contributed by atoms with Crippen molar-refractivity contribution < 1.29 is 18.8 Å². The van der Waals surface area contributed by atoms with Gasteiger partial charge in [0.15, 0.2) is 6.17 Å². The second-order valence-electron chi connectivity index (χ2n) is 8.64. The van der Waals surface area contributed by atoms with Crippen LogP contribution in [0.3, 0.4) is 0 Å². The largest absolute Gasteiger partial charge is 0.350 e. The Morgan fingerprint density at radius 2 is 1.68 bits per heavy atom. The predicted molar refractivity (Wildman–Crippen MR) is 129 cm³/mol. The van der Waals surface area contributed by atoms with Gasteiger partial charge in [0.05, 0.1) is 0 Å². The van der Waals surface area contributed by atoms with Crippen molar-refractivity contribution in [1.29, 1.82) is 0 Å². The maximum Gasteiger partial charge on any atom is 0.323 e. The van der Waals surface area contributed by atoms with E-state index in [1.54, 1.807) is 30.3 Å². The zero-order valence-corrected chi connectivity index (χ0v) is 20.1. The summed E-state index contributed by atoms with van der Waals surface area (Å²) in [5.74, 6) is -1.26. The van der Waals surface area contributed by atoms with Crippen molar-refractivity contribution in [3.8, 4) is 0 Å². The molecule has 2 aromatic rings. The van der Waals surface area contributed by atoms with Crippen molar-refractivity contribution in [2.75, 3.05) is 18.4 Å². The minimum absolute atomic E-state index is 0.0659. The standard InChI is InChI=1S/C24H27BrFN5O3/c25-16-4-1-3-15(13-16)23(33)30-11-12-31(24(34)29-20-6-2-5-17(26)14-20)22(30)21(32)28-19-9-7-18(27)8-10-19/h1-6,13-14,18-19,22H,7-12,27H2,(H,28,32)(H,29,34). The molecular formula is C24H27BrFN5O3. The molecule has 4 N–H and O–H groups in total. The highest BCUT2D eigenvalue weighted by Crippen LogP contribution is 2.23. The first-order chi connectivity index (χ1) is 16.3. The zero-order chi connectivity index (χ0) is 24.2. The van der Waals surface area contributed by atoms with Gasteiger partial charge in [0.2, 0.25) is 0 Å². The number of hydrogen-bond donors (Lipinski definition) is 3. The number of amides is 4. The summed E-state index contributed by atoms with van der Waals surface area (Å²) < 4.78 is 14.3. The monoisotopic (exact) mass is 531 g/mol. The van der Waals surface area contributed by atoms with Gasteiger partial charge >= 0.3 is 6.03 Å². The van der Waals surface area contributed by atoms with Gasteiger partial charge in [-0.2, -0.15) is 0 Å². The number of rotatable bonds is 4. The van der Waals surface area contributed by atoms with E-state index in [1.165, 1.54) is 28.0 Å². The van der Waals surface area contributed by atoms with E-state index < -0.39 is 23.9 Å². The summed E-state index contributed by atoms with van der Waals surface area (Å²) in [5.41, 5.74) is 6.65. The fraction of sp³-hybridized carbons (Fsp3) is 0.375. The third-order valence-electron chi connectivity index (χ3n) is 6.19. The molecule has 1 saturated heterocycles. The number of nitrogens with two attached hydrogens (primary N) is 1. The molecule has 2 aliphatic rings. The minimum atomic E-state index is -1.13. The van der Waals surface area contributed by atoms with Crippen molar-refractivity contribution in [3.63, 3.8) is 0 Å². The first-order valence-corrected chi connectivity index (χ1v) is 12.1. The van der Waals surface area contributed by atoms with Crippen LogP contribution >= 0.6 is 15.9 Å². The topological polar surface area (TPSA) is 108 Å². The van der Waals surface area contributed by atoms with E-state index in [0.717, 1.165) is 30.2 Å². The zero-order valence-electron chi connectivity index (χ0n) is 18.5. The molecule has 8 nitrogen and oxygen atoms in total. The van der Waals surface area contributed by atoms with Crippen molar-refractivity contribution >= 4 is 39.5 Å². The van der Waals surface area contributed by atoms with Gasteiger partial charge in [-0.1, -0.05) is 28.1 Å². The molecule has 1 heterocycles. The minimum Gasteiger partial charge on any atom is -0.350 e. The Labute approximate surface area is 205 Å². The number of nitrogens with zero attached hydrogens (tertiary/aromatic N) is 2. The van der Waals surface area contributed by atoms with E-state index in [0.29, 0.717) is 5.56 Å². The highest BCUT2D eigenvalue weighted by atomic mass is 79.9. The van der Waals surface area contributed by atoms with E-state index in [4.69, 9.17) is 5.73 Å². The molecule has 4 amide bonds. The second-order valence-corrected chi connectivity index (χ2v) is 9.55. The Balaban J connectivity index is 1.56. The van der Waals surface area contributed by atoms with Crippen LogP contribution in [0.25, 0.3) is 0 Å². The highest BCUT2D eigenvalue weighted by molar-refractivity contribution is 9.10. The molecule has 1 atom stereocenters. The van der Waals surface area contributed by atoms with Crippen LogP contribution < -0.4 is 16.4 Å². The van der Waals surface area contributed by atoms with Gasteiger partial charge in [-0.3, -0.25) is 14.5 Å². The molecule has 4 rings (SSSR count). The van der Waals surface area contributed by atoms with Crippen molar-refractivity contribution in [2.45, 2.75) is 43.9 Å². The Bertz CT molecular complexity index is 1080. The van der Waals surface area contributed by atoms with Gasteiger partial charge in [0, 0.05) is 40.9 Å². The van der Waals surface area contributed by atoms with Crippen LogP contribution in [0.4, 0.5) is 14.9 Å². The first-order valence-electron chi connectivity index (χ1n) is 11.3. The van der Waals surface area contributed by atoms with Crippen LogP contribution in [0.5, 0.6) is 0 Å². The van der Waals surface area contributed by atoms with Crippen molar-refractivity contribution in [2.24, 2.45) is 5.73 Å². The third-order valence-corrected chi connectivity index (χ3v) is 6.69. The number of halogens is 2. The lowest BCUT2D eigenvalue weighted by atomic mass is 9.92. The van der Waals surface area contributed by atoms with Gasteiger partial charge in [-0.15, -0.1) is 0 Å². The van der Waals surface area contributed by atoms with Crippen LogP contribution in [0.2, 0.25) is 0 Å². The number of hydrogen-bond acceptors (Lipinski definition) is 4. The molecule has 0 spiro atoms. The number of nitrogens with one attached hydrogen (secondary N) is 2. The lowest BCUT2D eigenvalue weighted by molar-refractivity contribution is -0.128. The molecule has 2 fully saturated rings. The Kier molecular flexibility index (Phi) is 7.47. The molecule has 0 bridgehead atoms. The molecule has 34 heavy (non-hydrogen) atoms. The maximum atomic E-state index is 13.6. The summed E-state index contributed by atoms with van der Waals surface area (Å²) >= 11 is 3.37. The summed E-state index contributed by atoms with van der Waals surface area (Å²) in [6.07, 6.45) is 1.97.